The number of hydrogen-bond donors (Lipinski definition) is 1. The number of halogens is 4. The van der Waals surface area contributed by atoms with Gasteiger partial charge in [-0.2, -0.15) is 13.2 Å². The van der Waals surface area contributed by atoms with Crippen molar-refractivity contribution in [2.75, 3.05) is 5.73 Å². The lowest BCUT2D eigenvalue weighted by Gasteiger charge is -2.25. The fourth-order valence-corrected chi connectivity index (χ4v) is 4.18. The van der Waals surface area contributed by atoms with Crippen LogP contribution in [0.25, 0.3) is 11.3 Å². The Kier molecular flexibility index (Phi) is 4.76. The Bertz CT molecular complexity index is 762. The molecule has 0 aliphatic carbocycles. The number of alkyl halides is 3. The van der Waals surface area contributed by atoms with E-state index in [9.17, 15) is 17.6 Å². The van der Waals surface area contributed by atoms with E-state index in [1.807, 2.05) is 0 Å². The van der Waals surface area contributed by atoms with Crippen molar-refractivity contribution in [2.45, 2.75) is 51.5 Å². The van der Waals surface area contributed by atoms with Crippen LogP contribution in [0.15, 0.2) is 18.2 Å². The van der Waals surface area contributed by atoms with Gasteiger partial charge in [0.2, 0.25) is 0 Å². The fourth-order valence-electron chi connectivity index (χ4n) is 3.32. The van der Waals surface area contributed by atoms with Gasteiger partial charge in [-0.3, -0.25) is 4.90 Å². The van der Waals surface area contributed by atoms with Crippen molar-refractivity contribution < 1.29 is 17.6 Å². The lowest BCUT2D eigenvalue weighted by atomic mass is 10.1. The molecular weight excluding hydrogens is 354 g/mol. The Morgan fingerprint density at radius 2 is 1.84 bits per heavy atom. The molecular formula is C17H19F4N3S. The van der Waals surface area contributed by atoms with Crippen molar-refractivity contribution in [3.05, 3.63) is 34.5 Å². The maximum absolute atomic E-state index is 13.7. The van der Waals surface area contributed by atoms with Crippen LogP contribution in [0, 0.1) is 5.82 Å². The average Bonchev–Trinajstić information content (AvgIpc) is 3.03. The Hall–Kier alpha value is -1.67. The van der Waals surface area contributed by atoms with Gasteiger partial charge in [0.15, 0.2) is 5.13 Å². The van der Waals surface area contributed by atoms with Crippen LogP contribution in [0.3, 0.4) is 0 Å². The van der Waals surface area contributed by atoms with Crippen LogP contribution in [0.2, 0.25) is 0 Å². The number of rotatable bonds is 3. The predicted molar refractivity (Wildman–Crippen MR) is 90.6 cm³/mol. The van der Waals surface area contributed by atoms with Crippen LogP contribution in [0.4, 0.5) is 22.7 Å². The SMILES string of the molecule is CC1CC[C@H](C)N1Cc1sc(N)nc1-c1cc(F)cc(C(F)(F)F)c1. The van der Waals surface area contributed by atoms with Gasteiger partial charge in [-0.25, -0.2) is 9.37 Å². The average molecular weight is 373 g/mol. The van der Waals surface area contributed by atoms with Gasteiger partial charge in [0, 0.05) is 29.1 Å². The highest BCUT2D eigenvalue weighted by Crippen LogP contribution is 2.37. The molecule has 2 N–H and O–H groups in total. The molecule has 2 aromatic rings. The molecule has 0 radical (unpaired) electrons. The van der Waals surface area contributed by atoms with Gasteiger partial charge in [0.05, 0.1) is 11.3 Å². The van der Waals surface area contributed by atoms with Gasteiger partial charge in [0.1, 0.15) is 5.82 Å². The molecule has 0 bridgehead atoms. The highest BCUT2D eigenvalue weighted by molar-refractivity contribution is 7.15. The molecule has 2 atom stereocenters. The largest absolute Gasteiger partial charge is 0.416 e. The number of hydrogen-bond acceptors (Lipinski definition) is 4. The lowest BCUT2D eigenvalue weighted by Crippen LogP contribution is -2.31. The number of anilines is 1. The molecule has 0 saturated carbocycles. The van der Waals surface area contributed by atoms with Crippen molar-refractivity contribution in [1.29, 1.82) is 0 Å². The van der Waals surface area contributed by atoms with E-state index >= 15 is 0 Å². The summed E-state index contributed by atoms with van der Waals surface area (Å²) in [5.41, 5.74) is 5.21. The summed E-state index contributed by atoms with van der Waals surface area (Å²) in [5.74, 6) is -0.940. The van der Waals surface area contributed by atoms with Crippen LogP contribution >= 0.6 is 11.3 Å². The second kappa shape index (κ2) is 6.57. The Morgan fingerprint density at radius 1 is 1.20 bits per heavy atom. The van der Waals surface area contributed by atoms with E-state index in [4.69, 9.17) is 5.73 Å². The summed E-state index contributed by atoms with van der Waals surface area (Å²) in [6, 6.07) is 3.25. The summed E-state index contributed by atoms with van der Waals surface area (Å²) in [4.78, 5) is 7.21. The van der Waals surface area contributed by atoms with Gasteiger partial charge in [-0.1, -0.05) is 0 Å². The first-order valence-electron chi connectivity index (χ1n) is 8.04. The zero-order valence-electron chi connectivity index (χ0n) is 13.9. The zero-order valence-corrected chi connectivity index (χ0v) is 14.7. The monoisotopic (exact) mass is 373 g/mol. The second-order valence-corrected chi connectivity index (χ2v) is 7.61. The molecule has 1 aliphatic heterocycles. The van der Waals surface area contributed by atoms with Gasteiger partial charge in [-0.15, -0.1) is 11.3 Å². The summed E-state index contributed by atoms with van der Waals surface area (Å²) in [5, 5.41) is 0.266. The molecule has 1 fully saturated rings. The van der Waals surface area contributed by atoms with Crippen molar-refractivity contribution >= 4 is 16.5 Å². The number of aromatic nitrogens is 1. The first-order chi connectivity index (χ1) is 11.6. The number of nitrogen functional groups attached to an aromatic ring is 1. The topological polar surface area (TPSA) is 42.1 Å². The van der Waals surface area contributed by atoms with Crippen molar-refractivity contribution in [1.82, 2.24) is 9.88 Å². The minimum Gasteiger partial charge on any atom is -0.375 e. The molecule has 3 nitrogen and oxygen atoms in total. The first kappa shape index (κ1) is 18.1. The Labute approximate surface area is 147 Å². The van der Waals surface area contributed by atoms with Crippen LogP contribution < -0.4 is 5.73 Å². The third-order valence-electron chi connectivity index (χ3n) is 4.67. The summed E-state index contributed by atoms with van der Waals surface area (Å²) >= 11 is 1.24. The maximum Gasteiger partial charge on any atom is 0.416 e. The fraction of sp³-hybridized carbons (Fsp3) is 0.471. The Morgan fingerprint density at radius 3 is 2.44 bits per heavy atom. The molecule has 0 amide bonds. The summed E-state index contributed by atoms with van der Waals surface area (Å²) in [6.07, 6.45) is -2.47. The van der Waals surface area contributed by atoms with Crippen LogP contribution in [0.1, 0.15) is 37.1 Å². The summed E-state index contributed by atoms with van der Waals surface area (Å²) in [6.45, 7) is 4.79. The molecule has 0 spiro atoms. The number of nitrogens with two attached hydrogens (primary N) is 1. The number of thiazole rings is 1. The normalized spacial score (nSPS) is 21.8. The highest BCUT2D eigenvalue weighted by atomic mass is 32.1. The van der Waals surface area contributed by atoms with Gasteiger partial charge in [0.25, 0.3) is 0 Å². The van der Waals surface area contributed by atoms with Crippen LogP contribution in [-0.4, -0.2) is 22.0 Å². The van der Waals surface area contributed by atoms with Gasteiger partial charge in [-0.05, 0) is 44.9 Å². The van der Waals surface area contributed by atoms with Crippen molar-refractivity contribution in [2.24, 2.45) is 0 Å². The van der Waals surface area contributed by atoms with E-state index in [0.29, 0.717) is 30.4 Å². The number of nitrogens with zero attached hydrogens (tertiary/aromatic N) is 2. The van der Waals surface area contributed by atoms with Crippen LogP contribution in [0.5, 0.6) is 0 Å². The lowest BCUT2D eigenvalue weighted by molar-refractivity contribution is -0.137. The smallest absolute Gasteiger partial charge is 0.375 e. The number of likely N-dealkylation sites (tertiary alicyclic amines) is 1. The van der Waals surface area contributed by atoms with E-state index in [0.717, 1.165) is 29.9 Å². The third-order valence-corrected chi connectivity index (χ3v) is 5.54. The van der Waals surface area contributed by atoms with E-state index in [1.54, 1.807) is 0 Å². The van der Waals surface area contributed by atoms with Crippen LogP contribution in [-0.2, 0) is 12.7 Å². The molecule has 1 aromatic carbocycles. The quantitative estimate of drug-likeness (QED) is 0.777. The molecule has 25 heavy (non-hydrogen) atoms. The van der Waals surface area contributed by atoms with Gasteiger partial charge >= 0.3 is 6.18 Å². The summed E-state index contributed by atoms with van der Waals surface area (Å²) < 4.78 is 52.7. The molecule has 1 aromatic heterocycles. The van der Waals surface area contributed by atoms with Gasteiger partial charge < -0.3 is 5.73 Å². The highest BCUT2D eigenvalue weighted by Gasteiger charge is 2.33. The van der Waals surface area contributed by atoms with E-state index < -0.39 is 17.6 Å². The number of benzene rings is 1. The minimum absolute atomic E-state index is 0.106. The first-order valence-corrected chi connectivity index (χ1v) is 8.86. The maximum atomic E-state index is 13.7. The molecule has 8 heteroatoms. The standard InChI is InChI=1S/C17H19F4N3S/c1-9-3-4-10(2)24(9)8-14-15(23-16(22)25-14)11-5-12(17(19,20)21)7-13(18)6-11/h5-7,9-10H,3-4,8H2,1-2H3,(H2,22,23)/t9-,10?/m0/s1. The summed E-state index contributed by atoms with van der Waals surface area (Å²) in [7, 11) is 0. The molecule has 3 rings (SSSR count). The molecule has 1 aliphatic rings. The zero-order chi connectivity index (χ0) is 18.4. The molecule has 2 heterocycles. The minimum atomic E-state index is -4.61. The van der Waals surface area contributed by atoms with E-state index in [1.165, 1.54) is 11.3 Å². The second-order valence-electron chi connectivity index (χ2n) is 6.50. The molecule has 1 unspecified atom stereocenters. The Balaban J connectivity index is 2.00. The predicted octanol–water partition coefficient (Wildman–Crippen LogP) is 4.92. The van der Waals surface area contributed by atoms with Crippen molar-refractivity contribution in [3.63, 3.8) is 0 Å². The third kappa shape index (κ3) is 3.79. The van der Waals surface area contributed by atoms with Crippen molar-refractivity contribution in [3.8, 4) is 11.3 Å². The molecule has 136 valence electrons. The van der Waals surface area contributed by atoms with E-state index in [2.05, 4.69) is 23.7 Å². The van der Waals surface area contributed by atoms with E-state index in [-0.39, 0.29) is 10.7 Å². The molecule has 1 saturated heterocycles.